The van der Waals surface area contributed by atoms with Gasteiger partial charge in [-0.15, -0.1) is 0 Å². The Morgan fingerprint density at radius 2 is 2.29 bits per heavy atom. The number of para-hydroxylation sites is 1. The van der Waals surface area contributed by atoms with Crippen LogP contribution in [0.15, 0.2) is 28.7 Å². The Morgan fingerprint density at radius 1 is 1.50 bits per heavy atom. The van der Waals surface area contributed by atoms with E-state index in [-0.39, 0.29) is 11.5 Å². The van der Waals surface area contributed by atoms with E-state index >= 15 is 0 Å². The molecule has 0 saturated heterocycles. The van der Waals surface area contributed by atoms with Crippen LogP contribution in [0.3, 0.4) is 0 Å². The Bertz CT molecular complexity index is 489. The third kappa shape index (κ3) is 1.39. The van der Waals surface area contributed by atoms with Gasteiger partial charge in [0.05, 0.1) is 0 Å². The van der Waals surface area contributed by atoms with Crippen molar-refractivity contribution in [3.63, 3.8) is 0 Å². The van der Waals surface area contributed by atoms with Crippen LogP contribution in [0.4, 0.5) is 9.18 Å². The van der Waals surface area contributed by atoms with Crippen molar-refractivity contribution >= 4 is 17.1 Å². The number of hydrogen-bond acceptors (Lipinski definition) is 3. The van der Waals surface area contributed by atoms with Gasteiger partial charge in [-0.3, -0.25) is 0 Å². The lowest BCUT2D eigenvalue weighted by molar-refractivity contribution is 0.134. The largest absolute Gasteiger partial charge is 0.513 e. The Labute approximate surface area is 77.5 Å². The molecule has 0 bridgehead atoms. The van der Waals surface area contributed by atoms with E-state index in [1.165, 1.54) is 18.2 Å². The van der Waals surface area contributed by atoms with Gasteiger partial charge in [0, 0.05) is 11.5 Å². The topological polar surface area (TPSA) is 59.7 Å². The van der Waals surface area contributed by atoms with Gasteiger partial charge in [-0.1, -0.05) is 12.1 Å². The van der Waals surface area contributed by atoms with Gasteiger partial charge in [0.25, 0.3) is 5.95 Å². The fourth-order valence-corrected chi connectivity index (χ4v) is 1.14. The van der Waals surface area contributed by atoms with Crippen molar-refractivity contribution < 1.29 is 23.4 Å². The molecule has 72 valence electrons. The number of fused-ring (bicyclic) bond motifs is 1. The first-order chi connectivity index (χ1) is 6.66. The van der Waals surface area contributed by atoms with Gasteiger partial charge in [0.15, 0.2) is 11.4 Å². The van der Waals surface area contributed by atoms with Crippen LogP contribution in [0.1, 0.15) is 0 Å². The molecule has 1 heterocycles. The Kier molecular flexibility index (Phi) is 1.85. The summed E-state index contributed by atoms with van der Waals surface area (Å²) in [6.45, 7) is 0. The molecule has 14 heavy (non-hydrogen) atoms. The molecule has 1 N–H and O–H groups in total. The minimum Gasteiger partial charge on any atom is -0.449 e. The Morgan fingerprint density at radius 3 is 2.93 bits per heavy atom. The van der Waals surface area contributed by atoms with Gasteiger partial charge in [-0.25, -0.2) is 9.18 Å². The zero-order valence-electron chi connectivity index (χ0n) is 6.86. The summed E-state index contributed by atoms with van der Waals surface area (Å²) < 4.78 is 22.1. The normalized spacial score (nSPS) is 10.4. The predicted octanol–water partition coefficient (Wildman–Crippen LogP) is 2.63. The first-order valence-electron chi connectivity index (χ1n) is 3.75. The summed E-state index contributed by atoms with van der Waals surface area (Å²) in [4.78, 5) is 10.2. The molecule has 0 unspecified atom stereocenters. The molecule has 0 aliphatic heterocycles. The van der Waals surface area contributed by atoms with Crippen LogP contribution in [-0.2, 0) is 0 Å². The first-order valence-corrected chi connectivity index (χ1v) is 3.75. The molecule has 0 spiro atoms. The molecule has 0 aliphatic carbocycles. The van der Waals surface area contributed by atoms with Crippen LogP contribution in [0, 0.1) is 5.82 Å². The summed E-state index contributed by atoms with van der Waals surface area (Å²) >= 11 is 0. The van der Waals surface area contributed by atoms with E-state index in [9.17, 15) is 9.18 Å². The van der Waals surface area contributed by atoms with Crippen molar-refractivity contribution in [1.82, 2.24) is 0 Å². The van der Waals surface area contributed by atoms with Crippen molar-refractivity contribution in [1.29, 1.82) is 0 Å². The number of carboxylic acid groups (broad SMARTS) is 1. The number of furan rings is 1. The third-order valence-corrected chi connectivity index (χ3v) is 1.66. The van der Waals surface area contributed by atoms with Crippen LogP contribution in [0.25, 0.3) is 11.0 Å². The molecule has 0 saturated carbocycles. The van der Waals surface area contributed by atoms with Crippen molar-refractivity contribution in [3.8, 4) is 5.95 Å². The fourth-order valence-electron chi connectivity index (χ4n) is 1.14. The summed E-state index contributed by atoms with van der Waals surface area (Å²) in [5.74, 6) is -0.791. The molecule has 0 aliphatic rings. The second-order valence-corrected chi connectivity index (χ2v) is 2.59. The van der Waals surface area contributed by atoms with Crippen LogP contribution >= 0.6 is 0 Å². The fraction of sp³-hybridized carbons (Fsp3) is 0. The monoisotopic (exact) mass is 196 g/mol. The molecule has 5 heteroatoms. The maximum Gasteiger partial charge on any atom is 0.513 e. The lowest BCUT2D eigenvalue weighted by Gasteiger charge is -1.90. The number of ether oxygens (including phenoxy) is 1. The SMILES string of the molecule is O=C(O)Oc1cc2cccc(F)c2o1. The highest BCUT2D eigenvalue weighted by Gasteiger charge is 2.10. The number of hydrogen-bond donors (Lipinski definition) is 1. The highest BCUT2D eigenvalue weighted by Crippen LogP contribution is 2.26. The molecule has 0 fully saturated rings. The third-order valence-electron chi connectivity index (χ3n) is 1.66. The quantitative estimate of drug-likeness (QED) is 0.712. The van der Waals surface area contributed by atoms with Gasteiger partial charge in [0.2, 0.25) is 0 Å². The zero-order valence-corrected chi connectivity index (χ0v) is 6.86. The Hall–Kier alpha value is -2.04. The summed E-state index contributed by atoms with van der Waals surface area (Å²) in [6, 6.07) is 5.62. The molecule has 0 atom stereocenters. The van der Waals surface area contributed by atoms with Crippen molar-refractivity contribution in [2.45, 2.75) is 0 Å². The minimum atomic E-state index is -1.50. The molecular weight excluding hydrogens is 191 g/mol. The van der Waals surface area contributed by atoms with E-state index in [0.29, 0.717) is 5.39 Å². The number of benzene rings is 1. The van der Waals surface area contributed by atoms with Crippen LogP contribution < -0.4 is 4.74 Å². The molecule has 0 amide bonds. The van der Waals surface area contributed by atoms with Crippen molar-refractivity contribution in [2.24, 2.45) is 0 Å². The van der Waals surface area contributed by atoms with Gasteiger partial charge in [-0.2, -0.15) is 0 Å². The lowest BCUT2D eigenvalue weighted by atomic mass is 10.2. The number of rotatable bonds is 1. The minimum absolute atomic E-state index is 0.0104. The highest BCUT2D eigenvalue weighted by molar-refractivity contribution is 5.79. The van der Waals surface area contributed by atoms with Gasteiger partial charge in [0.1, 0.15) is 0 Å². The molecule has 1 aromatic carbocycles. The van der Waals surface area contributed by atoms with E-state index in [4.69, 9.17) is 9.52 Å². The Balaban J connectivity index is 2.51. The van der Waals surface area contributed by atoms with E-state index in [1.807, 2.05) is 0 Å². The standard InChI is InChI=1S/C9H5FO4/c10-6-3-1-2-5-4-7(13-8(5)6)14-9(11)12/h1-4H,(H,11,12). The molecule has 1 aromatic heterocycles. The van der Waals surface area contributed by atoms with Gasteiger partial charge in [-0.05, 0) is 6.07 Å². The molecule has 2 rings (SSSR count). The van der Waals surface area contributed by atoms with Crippen molar-refractivity contribution in [2.75, 3.05) is 0 Å². The average molecular weight is 196 g/mol. The second-order valence-electron chi connectivity index (χ2n) is 2.59. The molecular formula is C9H5FO4. The number of carbonyl (C=O) groups is 1. The average Bonchev–Trinajstić information content (AvgIpc) is 2.47. The maximum atomic E-state index is 13.0. The molecule has 4 nitrogen and oxygen atoms in total. The smallest absolute Gasteiger partial charge is 0.449 e. The number of halogens is 1. The van der Waals surface area contributed by atoms with Crippen LogP contribution in [0.2, 0.25) is 0 Å². The van der Waals surface area contributed by atoms with E-state index in [1.54, 1.807) is 6.07 Å². The summed E-state index contributed by atoms with van der Waals surface area (Å²) in [5.41, 5.74) is -0.0104. The maximum absolute atomic E-state index is 13.0. The predicted molar refractivity (Wildman–Crippen MR) is 44.8 cm³/mol. The second kappa shape index (κ2) is 3.02. The molecule has 0 radical (unpaired) electrons. The molecule has 2 aromatic rings. The lowest BCUT2D eigenvalue weighted by Crippen LogP contribution is -2.01. The van der Waals surface area contributed by atoms with E-state index in [0.717, 1.165) is 0 Å². The van der Waals surface area contributed by atoms with Crippen molar-refractivity contribution in [3.05, 3.63) is 30.1 Å². The van der Waals surface area contributed by atoms with Gasteiger partial charge >= 0.3 is 6.16 Å². The van der Waals surface area contributed by atoms with Crippen LogP contribution in [-0.4, -0.2) is 11.3 Å². The van der Waals surface area contributed by atoms with Crippen LogP contribution in [0.5, 0.6) is 5.95 Å². The zero-order chi connectivity index (χ0) is 10.1. The van der Waals surface area contributed by atoms with E-state index < -0.39 is 12.0 Å². The summed E-state index contributed by atoms with van der Waals surface area (Å²) in [7, 11) is 0. The summed E-state index contributed by atoms with van der Waals surface area (Å²) in [5, 5.41) is 8.74. The van der Waals surface area contributed by atoms with E-state index in [2.05, 4.69) is 4.74 Å². The van der Waals surface area contributed by atoms with Gasteiger partial charge < -0.3 is 14.3 Å². The highest BCUT2D eigenvalue weighted by atomic mass is 19.1. The first kappa shape index (κ1) is 8.55. The summed E-state index contributed by atoms with van der Waals surface area (Å²) in [6.07, 6.45) is -1.50.